The van der Waals surface area contributed by atoms with Gasteiger partial charge in [-0.05, 0) is 36.0 Å². The molecule has 1 aromatic rings. The molecule has 0 aliphatic rings. The van der Waals surface area contributed by atoms with Gasteiger partial charge in [0.05, 0.1) is 13.0 Å². The number of carbonyl (C=O) groups excluding carboxylic acids is 2. The largest absolute Gasteiger partial charge is 0.497 e. The number of likely N-dealkylation sites (N-methyl/N-ethyl adjacent to an activating group) is 1. The van der Waals surface area contributed by atoms with Crippen LogP contribution in [-0.2, 0) is 16.0 Å². The van der Waals surface area contributed by atoms with Gasteiger partial charge >= 0.3 is 0 Å². The lowest BCUT2D eigenvalue weighted by atomic mass is 9.87. The summed E-state index contributed by atoms with van der Waals surface area (Å²) in [7, 11) is 3.19. The van der Waals surface area contributed by atoms with Crippen LogP contribution < -0.4 is 15.4 Å². The Hall–Kier alpha value is -1.69. The van der Waals surface area contributed by atoms with Crippen molar-refractivity contribution < 1.29 is 14.3 Å². The Labute approximate surface area is 169 Å². The molecule has 1 rings (SSSR count). The zero-order chi connectivity index (χ0) is 20.6. The monoisotopic (exact) mass is 394 g/mol. The lowest BCUT2D eigenvalue weighted by Crippen LogP contribution is -2.50. The van der Waals surface area contributed by atoms with Crippen molar-refractivity contribution in [3.63, 3.8) is 0 Å². The average molecular weight is 395 g/mol. The third kappa shape index (κ3) is 7.45. The summed E-state index contributed by atoms with van der Waals surface area (Å²) in [6.07, 6.45) is 1.16. The van der Waals surface area contributed by atoms with Gasteiger partial charge in [0, 0.05) is 18.7 Å². The van der Waals surface area contributed by atoms with E-state index in [1.807, 2.05) is 24.3 Å². The van der Waals surface area contributed by atoms with Gasteiger partial charge in [-0.2, -0.15) is 12.6 Å². The molecule has 2 amide bonds. The number of rotatable bonds is 10. The van der Waals surface area contributed by atoms with Crippen molar-refractivity contribution in [2.24, 2.45) is 17.8 Å². The summed E-state index contributed by atoms with van der Waals surface area (Å²) >= 11 is 4.68. The first-order chi connectivity index (χ1) is 12.7. The van der Waals surface area contributed by atoms with Crippen molar-refractivity contribution >= 4 is 24.4 Å². The van der Waals surface area contributed by atoms with Gasteiger partial charge in [-0.3, -0.25) is 9.59 Å². The Morgan fingerprint density at radius 2 is 1.67 bits per heavy atom. The Kier molecular flexibility index (Phi) is 9.70. The molecule has 0 saturated heterocycles. The standard InChI is InChI=1S/C21H34N2O3S/c1-13(2)11-17(19(27)14(3)4)20(24)23-18(21(25)22-5)12-15-7-9-16(26-6)10-8-15/h7-10,13-14,17-19,27H,11-12H2,1-6H3,(H,22,25)(H,23,24)/t17?,18-,19?/m0/s1. The van der Waals surface area contributed by atoms with E-state index >= 15 is 0 Å². The smallest absolute Gasteiger partial charge is 0.242 e. The minimum absolute atomic E-state index is 0.0567. The predicted octanol–water partition coefficient (Wildman–Crippen LogP) is 3.09. The molecule has 2 N–H and O–H groups in total. The molecule has 5 nitrogen and oxygen atoms in total. The van der Waals surface area contributed by atoms with Crippen LogP contribution in [0.2, 0.25) is 0 Å². The third-order valence-electron chi connectivity index (χ3n) is 4.64. The van der Waals surface area contributed by atoms with Crippen LogP contribution in [0, 0.1) is 17.8 Å². The molecule has 1 aromatic carbocycles. The van der Waals surface area contributed by atoms with Crippen LogP contribution in [0.4, 0.5) is 0 Å². The van der Waals surface area contributed by atoms with E-state index in [1.165, 1.54) is 0 Å². The average Bonchev–Trinajstić information content (AvgIpc) is 2.64. The molecule has 0 fully saturated rings. The molecule has 0 spiro atoms. The van der Waals surface area contributed by atoms with Crippen molar-refractivity contribution in [3.05, 3.63) is 29.8 Å². The number of benzene rings is 1. The van der Waals surface area contributed by atoms with E-state index in [1.54, 1.807) is 14.2 Å². The fraction of sp³-hybridized carbons (Fsp3) is 0.619. The lowest BCUT2D eigenvalue weighted by molar-refractivity contribution is -0.131. The summed E-state index contributed by atoms with van der Waals surface area (Å²) in [4.78, 5) is 25.3. The highest BCUT2D eigenvalue weighted by atomic mass is 32.1. The topological polar surface area (TPSA) is 67.4 Å². The van der Waals surface area contributed by atoms with E-state index < -0.39 is 6.04 Å². The first kappa shape index (κ1) is 23.3. The zero-order valence-electron chi connectivity index (χ0n) is 17.3. The number of methoxy groups -OCH3 is 1. The molecule has 0 saturated carbocycles. The maximum Gasteiger partial charge on any atom is 0.242 e. The van der Waals surface area contributed by atoms with Crippen LogP contribution in [-0.4, -0.2) is 37.3 Å². The van der Waals surface area contributed by atoms with Crippen LogP contribution in [0.25, 0.3) is 0 Å². The Bertz CT molecular complexity index is 602. The van der Waals surface area contributed by atoms with Gasteiger partial charge in [-0.25, -0.2) is 0 Å². The lowest BCUT2D eigenvalue weighted by Gasteiger charge is -2.28. The molecule has 0 aliphatic carbocycles. The van der Waals surface area contributed by atoms with Gasteiger partial charge in [0.15, 0.2) is 0 Å². The minimum Gasteiger partial charge on any atom is -0.497 e. The van der Waals surface area contributed by atoms with E-state index in [9.17, 15) is 9.59 Å². The highest BCUT2D eigenvalue weighted by molar-refractivity contribution is 7.81. The molecule has 0 heterocycles. The first-order valence-corrected chi connectivity index (χ1v) is 10.0. The van der Waals surface area contributed by atoms with Gasteiger partial charge < -0.3 is 15.4 Å². The third-order valence-corrected chi connectivity index (χ3v) is 5.59. The first-order valence-electron chi connectivity index (χ1n) is 9.52. The number of carbonyl (C=O) groups is 2. The number of hydrogen-bond acceptors (Lipinski definition) is 4. The van der Waals surface area contributed by atoms with Crippen molar-refractivity contribution in [2.75, 3.05) is 14.2 Å². The molecule has 2 unspecified atom stereocenters. The van der Waals surface area contributed by atoms with Crippen LogP contribution in [0.5, 0.6) is 5.75 Å². The van der Waals surface area contributed by atoms with Gasteiger partial charge in [-0.15, -0.1) is 0 Å². The Morgan fingerprint density at radius 1 is 1.07 bits per heavy atom. The fourth-order valence-corrected chi connectivity index (χ4v) is 3.29. The van der Waals surface area contributed by atoms with E-state index in [0.29, 0.717) is 12.3 Å². The van der Waals surface area contributed by atoms with E-state index in [0.717, 1.165) is 17.7 Å². The molecular weight excluding hydrogens is 360 g/mol. The highest BCUT2D eigenvalue weighted by Crippen LogP contribution is 2.26. The van der Waals surface area contributed by atoms with Crippen molar-refractivity contribution in [3.8, 4) is 5.75 Å². The van der Waals surface area contributed by atoms with Gasteiger partial charge in [0.25, 0.3) is 0 Å². The predicted molar refractivity (Wildman–Crippen MR) is 113 cm³/mol. The number of thiol groups is 1. The summed E-state index contributed by atoms with van der Waals surface area (Å²) in [6.45, 7) is 8.31. The summed E-state index contributed by atoms with van der Waals surface area (Å²) in [6, 6.07) is 6.88. The number of amides is 2. The van der Waals surface area contributed by atoms with Crippen LogP contribution in [0.15, 0.2) is 24.3 Å². The molecule has 0 aromatic heterocycles. The summed E-state index contributed by atoms with van der Waals surface area (Å²) in [5.41, 5.74) is 0.955. The molecule has 6 heteroatoms. The van der Waals surface area contributed by atoms with E-state index in [-0.39, 0.29) is 28.9 Å². The molecule has 0 bridgehead atoms. The van der Waals surface area contributed by atoms with Gasteiger partial charge in [0.2, 0.25) is 11.8 Å². The summed E-state index contributed by atoms with van der Waals surface area (Å²) in [5.74, 6) is 0.835. The van der Waals surface area contributed by atoms with Crippen LogP contribution in [0.1, 0.15) is 39.7 Å². The molecule has 27 heavy (non-hydrogen) atoms. The second-order valence-electron chi connectivity index (χ2n) is 7.70. The second-order valence-corrected chi connectivity index (χ2v) is 8.29. The molecule has 0 aliphatic heterocycles. The van der Waals surface area contributed by atoms with Crippen molar-refractivity contribution in [1.29, 1.82) is 0 Å². The van der Waals surface area contributed by atoms with E-state index in [4.69, 9.17) is 4.74 Å². The maximum atomic E-state index is 13.0. The normalized spacial score (nSPS) is 14.6. The molecule has 0 radical (unpaired) electrons. The van der Waals surface area contributed by atoms with Gasteiger partial charge in [0.1, 0.15) is 11.8 Å². The van der Waals surface area contributed by atoms with Crippen LogP contribution in [0.3, 0.4) is 0 Å². The number of nitrogens with one attached hydrogen (secondary N) is 2. The minimum atomic E-state index is -0.627. The second kappa shape index (κ2) is 11.2. The molecule has 152 valence electrons. The van der Waals surface area contributed by atoms with Crippen LogP contribution >= 0.6 is 12.6 Å². The SMILES string of the molecule is CNC(=O)[C@H](Cc1ccc(OC)cc1)NC(=O)C(CC(C)C)C(S)C(C)C. The highest BCUT2D eigenvalue weighted by Gasteiger charge is 2.31. The Balaban J connectivity index is 2.94. The maximum absolute atomic E-state index is 13.0. The summed E-state index contributed by atoms with van der Waals surface area (Å²) < 4.78 is 5.17. The molecular formula is C21H34N2O3S. The zero-order valence-corrected chi connectivity index (χ0v) is 18.2. The summed E-state index contributed by atoms with van der Waals surface area (Å²) in [5, 5.41) is 5.55. The van der Waals surface area contributed by atoms with E-state index in [2.05, 4.69) is 51.0 Å². The fourth-order valence-electron chi connectivity index (χ4n) is 3.03. The number of ether oxygens (including phenoxy) is 1. The Morgan fingerprint density at radius 3 is 2.11 bits per heavy atom. The number of hydrogen-bond donors (Lipinski definition) is 3. The molecule has 3 atom stereocenters. The van der Waals surface area contributed by atoms with Gasteiger partial charge in [-0.1, -0.05) is 39.8 Å². The quantitative estimate of drug-likeness (QED) is 0.534. The van der Waals surface area contributed by atoms with Crippen molar-refractivity contribution in [1.82, 2.24) is 10.6 Å². The van der Waals surface area contributed by atoms with Crippen molar-refractivity contribution in [2.45, 2.75) is 51.8 Å².